The topological polar surface area (TPSA) is 78.0 Å². The van der Waals surface area contributed by atoms with E-state index in [1.165, 1.54) is 6.20 Å². The summed E-state index contributed by atoms with van der Waals surface area (Å²) in [6.07, 6.45) is 8.72. The van der Waals surface area contributed by atoms with Gasteiger partial charge in [0.1, 0.15) is 4.90 Å². The van der Waals surface area contributed by atoms with E-state index in [1.807, 2.05) is 0 Å². The highest BCUT2D eigenvalue weighted by molar-refractivity contribution is 7.89. The summed E-state index contributed by atoms with van der Waals surface area (Å²) in [7, 11) is -3.48. The number of nitrogens with zero attached hydrogens (tertiary/aromatic N) is 2. The lowest BCUT2D eigenvalue weighted by Gasteiger charge is -2.41. The summed E-state index contributed by atoms with van der Waals surface area (Å²) in [6.45, 7) is 5.04. The Morgan fingerprint density at radius 2 is 1.97 bits per heavy atom. The molecule has 0 N–H and O–H groups in total. The van der Waals surface area contributed by atoms with Crippen LogP contribution < -0.4 is 0 Å². The molecule has 4 heterocycles. The average Bonchev–Trinajstić information content (AvgIpc) is 3.14. The lowest BCUT2D eigenvalue weighted by molar-refractivity contribution is -0.0629. The predicted octanol–water partition coefficient (Wildman–Crippen LogP) is 2.47. The van der Waals surface area contributed by atoms with Crippen molar-refractivity contribution in [2.75, 3.05) is 46.1 Å². The fourth-order valence-corrected chi connectivity index (χ4v) is 6.29. The van der Waals surface area contributed by atoms with Gasteiger partial charge in [-0.05, 0) is 62.5 Å². The molecule has 3 saturated heterocycles. The van der Waals surface area contributed by atoms with Gasteiger partial charge in [-0.25, -0.2) is 8.42 Å². The number of pyridine rings is 1. The molecule has 162 valence electrons. The van der Waals surface area contributed by atoms with Gasteiger partial charge in [0, 0.05) is 58.5 Å². The van der Waals surface area contributed by atoms with Crippen LogP contribution in [-0.4, -0.2) is 69.4 Å². The number of piperidine rings is 1. The van der Waals surface area contributed by atoms with Crippen molar-refractivity contribution in [1.29, 1.82) is 0 Å². The van der Waals surface area contributed by atoms with Gasteiger partial charge >= 0.3 is 0 Å². The second-order valence-electron chi connectivity index (χ2n) is 8.41. The Morgan fingerprint density at radius 3 is 2.69 bits per heavy atom. The fourth-order valence-electron chi connectivity index (χ4n) is 4.89. The third-order valence-electron chi connectivity index (χ3n) is 6.75. The maximum Gasteiger partial charge on any atom is 0.244 e. The van der Waals surface area contributed by atoms with Crippen molar-refractivity contribution >= 4 is 10.0 Å². The van der Waals surface area contributed by atoms with Crippen molar-refractivity contribution in [2.45, 2.75) is 49.0 Å². The quantitative estimate of drug-likeness (QED) is 0.626. The summed E-state index contributed by atoms with van der Waals surface area (Å²) in [6, 6.07) is 3.27. The van der Waals surface area contributed by atoms with E-state index >= 15 is 0 Å². The molecule has 0 radical (unpaired) electrons. The molecule has 0 amide bonds. The van der Waals surface area contributed by atoms with Crippen LogP contribution in [0.15, 0.2) is 29.4 Å². The van der Waals surface area contributed by atoms with Crippen molar-refractivity contribution < 1.29 is 22.6 Å². The first-order valence-electron chi connectivity index (χ1n) is 10.8. The number of ether oxygens (including phenoxy) is 3. The molecule has 0 aromatic carbocycles. The van der Waals surface area contributed by atoms with Crippen LogP contribution in [0.2, 0.25) is 0 Å². The highest BCUT2D eigenvalue weighted by Crippen LogP contribution is 2.43. The molecular weight excluding hydrogens is 392 g/mol. The van der Waals surface area contributed by atoms with Gasteiger partial charge < -0.3 is 14.2 Å². The normalized spacial score (nSPS) is 26.1. The zero-order chi connectivity index (χ0) is 20.2. The van der Waals surface area contributed by atoms with E-state index in [2.05, 4.69) is 4.98 Å². The lowest BCUT2D eigenvalue weighted by atomic mass is 9.78. The zero-order valence-electron chi connectivity index (χ0n) is 17.0. The summed E-state index contributed by atoms with van der Waals surface area (Å²) >= 11 is 0. The Balaban J connectivity index is 1.27. The summed E-state index contributed by atoms with van der Waals surface area (Å²) in [5.74, 6) is 1.07. The minimum Gasteiger partial charge on any atom is -0.381 e. The molecule has 1 aromatic heterocycles. The summed E-state index contributed by atoms with van der Waals surface area (Å²) in [5, 5.41) is 0. The van der Waals surface area contributed by atoms with E-state index in [0.717, 1.165) is 71.6 Å². The Labute approximate surface area is 173 Å². The summed E-state index contributed by atoms with van der Waals surface area (Å²) < 4.78 is 44.9. The van der Waals surface area contributed by atoms with Crippen LogP contribution >= 0.6 is 0 Å². The van der Waals surface area contributed by atoms with Crippen molar-refractivity contribution in [3.8, 4) is 0 Å². The molecule has 0 unspecified atom stereocenters. The Morgan fingerprint density at radius 1 is 1.17 bits per heavy atom. The van der Waals surface area contributed by atoms with Gasteiger partial charge in [0.25, 0.3) is 0 Å². The van der Waals surface area contributed by atoms with Crippen LogP contribution in [0.4, 0.5) is 0 Å². The van der Waals surface area contributed by atoms with Gasteiger partial charge in [-0.15, -0.1) is 0 Å². The summed E-state index contributed by atoms with van der Waals surface area (Å²) in [4.78, 5) is 4.22. The molecule has 0 bridgehead atoms. The van der Waals surface area contributed by atoms with Crippen LogP contribution in [0.5, 0.6) is 0 Å². The maximum atomic E-state index is 12.8. The third-order valence-corrected chi connectivity index (χ3v) is 8.63. The van der Waals surface area contributed by atoms with Gasteiger partial charge in [-0.1, -0.05) is 0 Å². The summed E-state index contributed by atoms with van der Waals surface area (Å²) in [5.41, 5.74) is -0.191. The van der Waals surface area contributed by atoms with Crippen molar-refractivity contribution in [3.63, 3.8) is 0 Å². The Kier molecular flexibility index (Phi) is 6.86. The average molecular weight is 425 g/mol. The van der Waals surface area contributed by atoms with Gasteiger partial charge in [0.05, 0.1) is 5.60 Å². The number of hydrogen-bond acceptors (Lipinski definition) is 6. The molecule has 1 atom stereocenters. The van der Waals surface area contributed by atoms with Gasteiger partial charge in [0.2, 0.25) is 10.0 Å². The van der Waals surface area contributed by atoms with Gasteiger partial charge in [-0.3, -0.25) is 4.98 Å². The fraction of sp³-hybridized carbons (Fsp3) is 0.762. The minimum atomic E-state index is -3.48. The first-order valence-corrected chi connectivity index (χ1v) is 12.2. The molecular formula is C21H32N2O5S. The number of rotatable bonds is 7. The molecule has 3 fully saturated rings. The second-order valence-corrected chi connectivity index (χ2v) is 10.3. The van der Waals surface area contributed by atoms with Crippen molar-refractivity contribution in [1.82, 2.24) is 9.29 Å². The number of sulfonamides is 1. The van der Waals surface area contributed by atoms with Crippen LogP contribution in [0, 0.1) is 11.8 Å². The Hall–Kier alpha value is -1.06. The van der Waals surface area contributed by atoms with Gasteiger partial charge in [0.15, 0.2) is 0 Å². The monoisotopic (exact) mass is 424 g/mol. The van der Waals surface area contributed by atoms with E-state index in [0.29, 0.717) is 24.9 Å². The third kappa shape index (κ3) is 4.82. The van der Waals surface area contributed by atoms with Crippen molar-refractivity contribution in [2.24, 2.45) is 11.8 Å². The smallest absolute Gasteiger partial charge is 0.244 e. The molecule has 4 rings (SSSR count). The van der Waals surface area contributed by atoms with E-state index in [4.69, 9.17) is 14.2 Å². The molecule has 1 spiro atoms. The highest BCUT2D eigenvalue weighted by atomic mass is 32.2. The molecule has 0 saturated carbocycles. The number of hydrogen-bond donors (Lipinski definition) is 0. The first-order chi connectivity index (χ1) is 14.1. The van der Waals surface area contributed by atoms with E-state index in [9.17, 15) is 8.42 Å². The first kappa shape index (κ1) is 21.2. The molecule has 7 nitrogen and oxygen atoms in total. The highest BCUT2D eigenvalue weighted by Gasteiger charge is 2.47. The molecule has 3 aliphatic rings. The lowest BCUT2D eigenvalue weighted by Crippen LogP contribution is -2.49. The van der Waals surface area contributed by atoms with Crippen LogP contribution in [0.1, 0.15) is 38.5 Å². The van der Waals surface area contributed by atoms with Crippen molar-refractivity contribution in [3.05, 3.63) is 24.5 Å². The molecule has 0 aliphatic carbocycles. The molecule has 1 aromatic rings. The van der Waals surface area contributed by atoms with E-state index in [-0.39, 0.29) is 10.5 Å². The van der Waals surface area contributed by atoms with Crippen LogP contribution in [0.25, 0.3) is 0 Å². The molecule has 3 aliphatic heterocycles. The molecule has 29 heavy (non-hydrogen) atoms. The molecule has 8 heteroatoms. The van der Waals surface area contributed by atoms with Crippen LogP contribution in [-0.2, 0) is 24.2 Å². The number of aromatic nitrogens is 1. The van der Waals surface area contributed by atoms with E-state index < -0.39 is 10.0 Å². The van der Waals surface area contributed by atoms with Crippen LogP contribution in [0.3, 0.4) is 0 Å². The van der Waals surface area contributed by atoms with Gasteiger partial charge in [-0.2, -0.15) is 4.31 Å². The largest absolute Gasteiger partial charge is 0.381 e. The minimum absolute atomic E-state index is 0.191. The predicted molar refractivity (Wildman–Crippen MR) is 108 cm³/mol. The standard InChI is InChI=1S/C21H32N2O5S/c24-29(25,20-2-1-9-22-16-20)23-10-7-21(8-11-23)19(6-15-28-21)5-14-27-17-18-3-12-26-13-4-18/h1-2,9,16,18-19H,3-8,10-15,17H2/t19-/m0/s1. The maximum absolute atomic E-state index is 12.8. The Bertz CT molecular complexity index is 744. The zero-order valence-corrected chi connectivity index (χ0v) is 17.8. The van der Waals surface area contributed by atoms with E-state index in [1.54, 1.807) is 22.6 Å². The second kappa shape index (κ2) is 9.39. The SMILES string of the molecule is O=S(=O)(c1cccnc1)N1CCC2(CC1)OCC[C@@H]2CCOCC1CCOCC1.